The van der Waals surface area contributed by atoms with Crippen molar-refractivity contribution in [2.24, 2.45) is 0 Å². The van der Waals surface area contributed by atoms with Crippen molar-refractivity contribution in [2.75, 3.05) is 27.2 Å². The lowest BCUT2D eigenvalue weighted by atomic mass is 10.1. The highest BCUT2D eigenvalue weighted by atomic mass is 16.1. The number of aromatic amines is 1. The van der Waals surface area contributed by atoms with Gasteiger partial charge in [0.05, 0.1) is 33.8 Å². The standard InChI is InChI=1S/C20H19N5O2/c1-25(2)9-8-22-20(27)13-4-3-5-15-18(13)24-19-14-10-21-11-17(26)12(14)6-7-16(19)23-15/h3-7,10-11,23H,8-9H2,1-2H3,(H,22,27). The highest BCUT2D eigenvalue weighted by Gasteiger charge is 2.13. The Kier molecular flexibility index (Phi) is 4.29. The summed E-state index contributed by atoms with van der Waals surface area (Å²) in [7, 11) is 3.91. The van der Waals surface area contributed by atoms with Crippen molar-refractivity contribution < 1.29 is 4.79 Å². The first kappa shape index (κ1) is 17.1. The molecule has 0 saturated carbocycles. The third kappa shape index (κ3) is 3.13. The van der Waals surface area contributed by atoms with Gasteiger partial charge in [0.1, 0.15) is 0 Å². The molecule has 0 saturated heterocycles. The first-order valence-electron chi connectivity index (χ1n) is 8.67. The maximum atomic E-state index is 12.6. The number of hydrogen-bond acceptors (Lipinski definition) is 5. The number of carbonyl (C=O) groups excluding carboxylic acids is 1. The zero-order valence-corrected chi connectivity index (χ0v) is 15.1. The Morgan fingerprint density at radius 3 is 2.70 bits per heavy atom. The minimum atomic E-state index is -0.175. The van der Waals surface area contributed by atoms with Gasteiger partial charge < -0.3 is 15.2 Å². The molecule has 0 radical (unpaired) electrons. The van der Waals surface area contributed by atoms with Gasteiger partial charge in [-0.1, -0.05) is 6.07 Å². The molecule has 0 fully saturated rings. The molecule has 7 nitrogen and oxygen atoms in total. The van der Waals surface area contributed by atoms with E-state index in [1.807, 2.05) is 37.2 Å². The summed E-state index contributed by atoms with van der Waals surface area (Å²) in [6, 6.07) is 9.05. The van der Waals surface area contributed by atoms with Gasteiger partial charge in [-0.25, -0.2) is 4.98 Å². The lowest BCUT2D eigenvalue weighted by molar-refractivity contribution is 0.0952. The molecule has 0 aliphatic carbocycles. The van der Waals surface area contributed by atoms with Crippen LogP contribution in [0.3, 0.4) is 0 Å². The van der Waals surface area contributed by atoms with Crippen LogP contribution in [0.15, 0.2) is 47.5 Å². The second kappa shape index (κ2) is 6.77. The third-order valence-electron chi connectivity index (χ3n) is 4.50. The summed E-state index contributed by atoms with van der Waals surface area (Å²) in [6.07, 6.45) is 2.92. The highest BCUT2D eigenvalue weighted by Crippen LogP contribution is 2.24. The Hall–Kier alpha value is -3.32. The third-order valence-corrected chi connectivity index (χ3v) is 4.50. The normalized spacial score (nSPS) is 11.5. The van der Waals surface area contributed by atoms with Gasteiger partial charge in [-0.3, -0.25) is 14.6 Å². The molecule has 0 unspecified atom stereocenters. The Morgan fingerprint density at radius 2 is 1.89 bits per heavy atom. The Morgan fingerprint density at radius 1 is 1.07 bits per heavy atom. The minimum absolute atomic E-state index is 0.147. The van der Waals surface area contributed by atoms with Crippen molar-refractivity contribution in [3.8, 4) is 0 Å². The lowest BCUT2D eigenvalue weighted by Crippen LogP contribution is -2.31. The van der Waals surface area contributed by atoms with E-state index in [-0.39, 0.29) is 11.3 Å². The topological polar surface area (TPSA) is 91.0 Å². The van der Waals surface area contributed by atoms with Gasteiger partial charge in [-0.2, -0.15) is 0 Å². The average molecular weight is 361 g/mol. The summed E-state index contributed by atoms with van der Waals surface area (Å²) in [6.45, 7) is 1.30. The number of benzene rings is 2. The zero-order valence-electron chi connectivity index (χ0n) is 15.1. The number of carbonyl (C=O) groups is 1. The van der Waals surface area contributed by atoms with Crippen LogP contribution >= 0.6 is 0 Å². The fourth-order valence-electron chi connectivity index (χ4n) is 3.12. The Bertz CT molecular complexity index is 1230. The number of amides is 1. The molecule has 2 heterocycles. The number of fused-ring (bicyclic) bond motifs is 4. The number of likely N-dealkylation sites (N-methyl/N-ethyl adjacent to an activating group) is 1. The summed E-state index contributed by atoms with van der Waals surface area (Å²) in [5.41, 5.74) is 3.08. The van der Waals surface area contributed by atoms with Crippen LogP contribution in [-0.2, 0) is 0 Å². The van der Waals surface area contributed by atoms with Gasteiger partial charge in [-0.05, 0) is 38.4 Å². The molecule has 0 aliphatic heterocycles. The lowest BCUT2D eigenvalue weighted by Gasteiger charge is -2.12. The molecule has 0 spiro atoms. The number of pyridine rings is 1. The van der Waals surface area contributed by atoms with Crippen molar-refractivity contribution in [3.05, 3.63) is 58.5 Å². The summed E-state index contributed by atoms with van der Waals surface area (Å²) in [5, 5.41) is 4.15. The van der Waals surface area contributed by atoms with Gasteiger partial charge in [0.25, 0.3) is 5.91 Å². The van der Waals surface area contributed by atoms with Crippen molar-refractivity contribution >= 4 is 38.7 Å². The molecule has 4 aromatic rings. The smallest absolute Gasteiger partial charge is 0.253 e. The highest BCUT2D eigenvalue weighted by molar-refractivity contribution is 6.09. The van der Waals surface area contributed by atoms with Crippen LogP contribution in [0.2, 0.25) is 0 Å². The molecule has 1 amide bonds. The molecule has 2 aromatic heterocycles. The monoisotopic (exact) mass is 361 g/mol. The number of aromatic nitrogens is 3. The van der Waals surface area contributed by atoms with Crippen LogP contribution < -0.4 is 10.7 Å². The SMILES string of the molecule is CN(C)CCNC(=O)c1cccc2[nH]c3ccc4c(=O)cncc4c3nc12. The fraction of sp³-hybridized carbons (Fsp3) is 0.200. The molecule has 7 heteroatoms. The zero-order chi connectivity index (χ0) is 19.0. The fourth-order valence-corrected chi connectivity index (χ4v) is 3.12. The Balaban J connectivity index is 1.88. The van der Waals surface area contributed by atoms with Crippen LogP contribution in [0.25, 0.3) is 32.8 Å². The van der Waals surface area contributed by atoms with Crippen LogP contribution in [0, 0.1) is 0 Å². The Labute approximate surface area is 155 Å². The average Bonchev–Trinajstić information content (AvgIpc) is 2.65. The van der Waals surface area contributed by atoms with Crippen molar-refractivity contribution in [2.45, 2.75) is 0 Å². The van der Waals surface area contributed by atoms with Gasteiger partial charge >= 0.3 is 0 Å². The van der Waals surface area contributed by atoms with Crippen LogP contribution in [-0.4, -0.2) is 52.9 Å². The molecule has 136 valence electrons. The summed E-state index contributed by atoms with van der Waals surface area (Å²) >= 11 is 0. The van der Waals surface area contributed by atoms with Gasteiger partial charge in [0, 0.05) is 30.1 Å². The molecular formula is C20H19N5O2. The summed E-state index contributed by atoms with van der Waals surface area (Å²) < 4.78 is 0. The van der Waals surface area contributed by atoms with Gasteiger partial charge in [-0.15, -0.1) is 0 Å². The predicted octanol–water partition coefficient (Wildman–Crippen LogP) is 1.92. The summed E-state index contributed by atoms with van der Waals surface area (Å²) in [5.74, 6) is -0.175. The number of rotatable bonds is 4. The van der Waals surface area contributed by atoms with E-state index in [1.54, 1.807) is 18.3 Å². The van der Waals surface area contributed by atoms with Gasteiger partial charge in [0.15, 0.2) is 0 Å². The minimum Gasteiger partial charge on any atom is -0.352 e. The first-order valence-corrected chi connectivity index (χ1v) is 8.67. The van der Waals surface area contributed by atoms with E-state index in [1.165, 1.54) is 6.20 Å². The van der Waals surface area contributed by atoms with E-state index in [9.17, 15) is 9.59 Å². The molecule has 27 heavy (non-hydrogen) atoms. The quantitative estimate of drug-likeness (QED) is 0.428. The number of H-pyrrole nitrogens is 1. The largest absolute Gasteiger partial charge is 0.352 e. The second-order valence-electron chi connectivity index (χ2n) is 6.69. The molecular weight excluding hydrogens is 342 g/mol. The maximum absolute atomic E-state index is 12.6. The maximum Gasteiger partial charge on any atom is 0.253 e. The van der Waals surface area contributed by atoms with E-state index in [0.717, 1.165) is 17.6 Å². The summed E-state index contributed by atoms with van der Waals surface area (Å²) in [4.78, 5) is 38.8. The first-order chi connectivity index (χ1) is 13.0. The van der Waals surface area contributed by atoms with E-state index < -0.39 is 0 Å². The van der Waals surface area contributed by atoms with Gasteiger partial charge in [0.2, 0.25) is 5.43 Å². The van der Waals surface area contributed by atoms with Crippen LogP contribution in [0.4, 0.5) is 0 Å². The number of nitrogens with zero attached hydrogens (tertiary/aromatic N) is 3. The van der Waals surface area contributed by atoms with Crippen LogP contribution in [0.5, 0.6) is 0 Å². The molecule has 2 aromatic carbocycles. The van der Waals surface area contributed by atoms with Crippen molar-refractivity contribution in [1.82, 2.24) is 25.2 Å². The van der Waals surface area contributed by atoms with E-state index in [0.29, 0.717) is 33.9 Å². The molecule has 0 aliphatic rings. The predicted molar refractivity (Wildman–Crippen MR) is 106 cm³/mol. The molecule has 0 atom stereocenters. The molecule has 0 bridgehead atoms. The number of nitrogens with one attached hydrogen (secondary N) is 2. The molecule has 4 rings (SSSR count). The van der Waals surface area contributed by atoms with E-state index in [4.69, 9.17) is 4.98 Å². The van der Waals surface area contributed by atoms with Crippen LogP contribution in [0.1, 0.15) is 10.4 Å². The number of hydrogen-bond donors (Lipinski definition) is 2. The molecule has 2 N–H and O–H groups in total. The van der Waals surface area contributed by atoms with Crippen molar-refractivity contribution in [1.29, 1.82) is 0 Å². The second-order valence-corrected chi connectivity index (χ2v) is 6.69. The van der Waals surface area contributed by atoms with E-state index in [2.05, 4.69) is 15.3 Å². The van der Waals surface area contributed by atoms with Crippen molar-refractivity contribution in [3.63, 3.8) is 0 Å². The number of para-hydroxylation sites is 1. The van der Waals surface area contributed by atoms with E-state index >= 15 is 0 Å².